The van der Waals surface area contributed by atoms with Crippen molar-refractivity contribution in [3.8, 4) is 22.9 Å². The highest BCUT2D eigenvalue weighted by atomic mass is 28.3. The lowest BCUT2D eigenvalue weighted by Gasteiger charge is -2.04. The largest absolute Gasteiger partial charge is 0.436 e. The van der Waals surface area contributed by atoms with E-state index in [2.05, 4.69) is 36.1 Å². The zero-order chi connectivity index (χ0) is 14.9. The van der Waals surface area contributed by atoms with E-state index in [1.54, 1.807) is 0 Å². The van der Waals surface area contributed by atoms with Crippen LogP contribution in [0.3, 0.4) is 0 Å². The molecule has 0 saturated carbocycles. The Hall–Kier alpha value is -2.31. The molecule has 0 radical (unpaired) electrons. The summed E-state index contributed by atoms with van der Waals surface area (Å²) < 4.78 is 5.86. The maximum absolute atomic E-state index is 5.86. The van der Waals surface area contributed by atoms with Crippen LogP contribution in [0, 0.1) is 11.5 Å². The summed E-state index contributed by atoms with van der Waals surface area (Å²) in [5.74, 6) is 3.94. The maximum atomic E-state index is 5.86. The second-order valence-corrected chi connectivity index (χ2v) is 10.8. The summed E-state index contributed by atoms with van der Waals surface area (Å²) in [6.07, 6.45) is 0. The molecule has 3 heteroatoms. The predicted molar refractivity (Wildman–Crippen MR) is 89.7 cm³/mol. The number of benzene rings is 2. The van der Waals surface area contributed by atoms with Crippen molar-refractivity contribution in [2.45, 2.75) is 19.6 Å². The Morgan fingerprint density at radius 3 is 2.43 bits per heavy atom. The molecule has 0 aliphatic heterocycles. The van der Waals surface area contributed by atoms with Gasteiger partial charge in [0.15, 0.2) is 5.58 Å². The van der Waals surface area contributed by atoms with Crippen LogP contribution in [0.15, 0.2) is 52.9 Å². The molecule has 0 aliphatic rings. The van der Waals surface area contributed by atoms with Gasteiger partial charge >= 0.3 is 0 Å². The average Bonchev–Trinajstić information content (AvgIpc) is 2.88. The van der Waals surface area contributed by atoms with Gasteiger partial charge in [-0.2, -0.15) is 0 Å². The maximum Gasteiger partial charge on any atom is 0.228 e. The minimum atomic E-state index is -1.41. The highest BCUT2D eigenvalue weighted by molar-refractivity contribution is 6.83. The van der Waals surface area contributed by atoms with Crippen LogP contribution in [0.4, 0.5) is 0 Å². The van der Waals surface area contributed by atoms with Crippen molar-refractivity contribution in [2.75, 3.05) is 0 Å². The molecular formula is C18H17NOSi. The van der Waals surface area contributed by atoms with E-state index < -0.39 is 8.07 Å². The van der Waals surface area contributed by atoms with E-state index in [1.165, 1.54) is 0 Å². The SMILES string of the molecule is C[Si](C)(C)C#Cc1ccccc1-c1nc2ccccc2o1. The zero-order valence-electron chi connectivity index (χ0n) is 12.5. The number of aromatic nitrogens is 1. The normalized spacial score (nSPS) is 11.2. The molecule has 2 aromatic carbocycles. The van der Waals surface area contributed by atoms with Gasteiger partial charge in [0.05, 0.1) is 5.56 Å². The summed E-state index contributed by atoms with van der Waals surface area (Å²) in [7, 11) is -1.41. The standard InChI is InChI=1S/C18H17NOSi/c1-21(2,3)13-12-14-8-4-5-9-15(14)18-19-16-10-6-7-11-17(16)20-18/h4-11H,1-3H3. The fourth-order valence-corrected chi connectivity index (χ4v) is 2.53. The quantitative estimate of drug-likeness (QED) is 0.479. The van der Waals surface area contributed by atoms with Gasteiger partial charge in [0.25, 0.3) is 0 Å². The summed E-state index contributed by atoms with van der Waals surface area (Å²) in [4.78, 5) is 4.56. The van der Waals surface area contributed by atoms with E-state index in [-0.39, 0.29) is 0 Å². The highest BCUT2D eigenvalue weighted by Crippen LogP contribution is 2.26. The van der Waals surface area contributed by atoms with Gasteiger partial charge in [0.1, 0.15) is 13.6 Å². The zero-order valence-corrected chi connectivity index (χ0v) is 13.5. The minimum Gasteiger partial charge on any atom is -0.436 e. The van der Waals surface area contributed by atoms with Gasteiger partial charge in [-0.25, -0.2) is 4.98 Å². The van der Waals surface area contributed by atoms with Crippen molar-refractivity contribution in [3.63, 3.8) is 0 Å². The molecule has 0 atom stereocenters. The van der Waals surface area contributed by atoms with Gasteiger partial charge in [-0.1, -0.05) is 49.8 Å². The first-order valence-electron chi connectivity index (χ1n) is 7.01. The predicted octanol–water partition coefficient (Wildman–Crippen LogP) is 4.72. The molecule has 0 aliphatic carbocycles. The fourth-order valence-electron chi connectivity index (χ4n) is 2.02. The molecule has 0 unspecified atom stereocenters. The lowest BCUT2D eigenvalue weighted by atomic mass is 10.1. The minimum absolute atomic E-state index is 0.636. The van der Waals surface area contributed by atoms with Crippen molar-refractivity contribution in [1.29, 1.82) is 0 Å². The second kappa shape index (κ2) is 5.23. The monoisotopic (exact) mass is 291 g/mol. The summed E-state index contributed by atoms with van der Waals surface area (Å²) in [6.45, 7) is 6.71. The molecule has 3 rings (SSSR count). The third-order valence-electron chi connectivity index (χ3n) is 3.02. The molecule has 0 bridgehead atoms. The molecule has 2 nitrogen and oxygen atoms in total. The van der Waals surface area contributed by atoms with Crippen molar-refractivity contribution in [2.24, 2.45) is 0 Å². The number of oxazole rings is 1. The lowest BCUT2D eigenvalue weighted by molar-refractivity contribution is 0.619. The Labute approximate surface area is 125 Å². The number of nitrogens with zero attached hydrogens (tertiary/aromatic N) is 1. The molecule has 0 fully saturated rings. The molecule has 0 N–H and O–H groups in total. The van der Waals surface area contributed by atoms with E-state index in [4.69, 9.17) is 4.42 Å². The molecule has 1 heterocycles. The molecular weight excluding hydrogens is 274 g/mol. The first-order valence-corrected chi connectivity index (χ1v) is 10.5. The van der Waals surface area contributed by atoms with Crippen LogP contribution in [0.5, 0.6) is 0 Å². The van der Waals surface area contributed by atoms with E-state index >= 15 is 0 Å². The van der Waals surface area contributed by atoms with E-state index in [9.17, 15) is 0 Å². The van der Waals surface area contributed by atoms with Crippen LogP contribution in [-0.2, 0) is 0 Å². The number of fused-ring (bicyclic) bond motifs is 1. The van der Waals surface area contributed by atoms with Crippen LogP contribution in [0.1, 0.15) is 5.56 Å². The van der Waals surface area contributed by atoms with Crippen molar-refractivity contribution in [1.82, 2.24) is 4.98 Å². The number of rotatable bonds is 1. The van der Waals surface area contributed by atoms with Crippen LogP contribution >= 0.6 is 0 Å². The van der Waals surface area contributed by atoms with Gasteiger partial charge in [-0.05, 0) is 24.3 Å². The Morgan fingerprint density at radius 1 is 0.952 bits per heavy atom. The van der Waals surface area contributed by atoms with E-state index in [0.29, 0.717) is 5.89 Å². The van der Waals surface area contributed by atoms with E-state index in [1.807, 2.05) is 48.5 Å². The third kappa shape index (κ3) is 3.06. The third-order valence-corrected chi connectivity index (χ3v) is 3.90. The Kier molecular flexibility index (Phi) is 3.40. The average molecular weight is 291 g/mol. The Bertz CT molecular complexity index is 814. The fraction of sp³-hybridized carbons (Fsp3) is 0.167. The van der Waals surface area contributed by atoms with Gasteiger partial charge < -0.3 is 4.42 Å². The van der Waals surface area contributed by atoms with Crippen LogP contribution < -0.4 is 0 Å². The van der Waals surface area contributed by atoms with Crippen LogP contribution in [0.2, 0.25) is 19.6 Å². The molecule has 1 aromatic heterocycles. The van der Waals surface area contributed by atoms with Gasteiger partial charge in [-0.3, -0.25) is 0 Å². The van der Waals surface area contributed by atoms with Gasteiger partial charge in [0, 0.05) is 5.56 Å². The van der Waals surface area contributed by atoms with Gasteiger partial charge in [0.2, 0.25) is 5.89 Å². The van der Waals surface area contributed by atoms with Crippen molar-refractivity contribution in [3.05, 3.63) is 54.1 Å². The second-order valence-electron chi connectivity index (χ2n) is 6.03. The van der Waals surface area contributed by atoms with Crippen molar-refractivity contribution < 1.29 is 4.42 Å². The molecule has 3 aromatic rings. The summed E-state index contributed by atoms with van der Waals surface area (Å²) in [5, 5.41) is 0. The van der Waals surface area contributed by atoms with Crippen molar-refractivity contribution >= 4 is 19.2 Å². The Balaban J connectivity index is 2.11. The van der Waals surface area contributed by atoms with Gasteiger partial charge in [-0.15, -0.1) is 5.54 Å². The van der Waals surface area contributed by atoms with Crippen LogP contribution in [0.25, 0.3) is 22.6 Å². The van der Waals surface area contributed by atoms with E-state index in [0.717, 1.165) is 22.2 Å². The summed E-state index contributed by atoms with van der Waals surface area (Å²) in [5.41, 5.74) is 7.02. The molecule has 0 saturated heterocycles. The first kappa shape index (κ1) is 13.7. The molecule has 0 spiro atoms. The number of hydrogen-bond donors (Lipinski definition) is 0. The smallest absolute Gasteiger partial charge is 0.228 e. The number of para-hydroxylation sites is 2. The summed E-state index contributed by atoms with van der Waals surface area (Å²) in [6, 6.07) is 15.8. The van der Waals surface area contributed by atoms with Crippen LogP contribution in [-0.4, -0.2) is 13.1 Å². The highest BCUT2D eigenvalue weighted by Gasteiger charge is 2.12. The molecule has 104 valence electrons. The summed E-state index contributed by atoms with van der Waals surface area (Å²) >= 11 is 0. The molecule has 0 amide bonds. The topological polar surface area (TPSA) is 26.0 Å². The number of hydrogen-bond acceptors (Lipinski definition) is 2. The lowest BCUT2D eigenvalue weighted by Crippen LogP contribution is -2.16. The Morgan fingerprint density at radius 2 is 1.67 bits per heavy atom. The molecule has 21 heavy (non-hydrogen) atoms. The first-order chi connectivity index (χ1) is 10.0.